The Labute approximate surface area is 104 Å². The van der Waals surface area contributed by atoms with Gasteiger partial charge in [0.2, 0.25) is 0 Å². The molecule has 0 spiro atoms. The molecule has 0 unspecified atom stereocenters. The second-order valence-electron chi connectivity index (χ2n) is 5.43. The number of piperidine rings is 1. The monoisotopic (exact) mass is 244 g/mol. The number of likely N-dealkylation sites (tertiary alicyclic amines) is 1. The first-order valence-electron chi connectivity index (χ1n) is 6.08. The highest BCUT2D eigenvalue weighted by molar-refractivity contribution is 5.68. The van der Waals surface area contributed by atoms with E-state index in [2.05, 4.69) is 0 Å². The zero-order valence-corrected chi connectivity index (χ0v) is 11.5. The molecule has 1 aliphatic rings. The van der Waals surface area contributed by atoms with E-state index in [-0.39, 0.29) is 6.09 Å². The van der Waals surface area contributed by atoms with E-state index in [1.807, 2.05) is 32.9 Å². The summed E-state index contributed by atoms with van der Waals surface area (Å²) in [6, 6.07) is 0.388. The summed E-state index contributed by atoms with van der Waals surface area (Å²) in [5.41, 5.74) is -0.419. The largest absolute Gasteiger partial charge is 0.444 e. The maximum atomic E-state index is 11.8. The van der Waals surface area contributed by atoms with Gasteiger partial charge in [-0.3, -0.25) is 0 Å². The number of hydrogen-bond acceptors (Lipinski definition) is 4. The highest BCUT2D eigenvalue weighted by atomic mass is 16.7. The molecule has 0 aromatic carbocycles. The molecule has 1 rings (SSSR count). The summed E-state index contributed by atoms with van der Waals surface area (Å²) in [5.74, 6) is 0. The third kappa shape index (κ3) is 4.52. The summed E-state index contributed by atoms with van der Waals surface area (Å²) >= 11 is 0. The molecule has 0 radical (unpaired) electrons. The minimum absolute atomic E-state index is 0.212. The quantitative estimate of drug-likeness (QED) is 0.696. The average Bonchev–Trinajstić information content (AvgIpc) is 2.26. The molecule has 1 heterocycles. The van der Waals surface area contributed by atoms with Crippen molar-refractivity contribution in [2.24, 2.45) is 0 Å². The second-order valence-corrected chi connectivity index (χ2v) is 5.43. The van der Waals surface area contributed by atoms with Crippen LogP contribution in [0.4, 0.5) is 4.79 Å². The molecule has 5 nitrogen and oxygen atoms in total. The molecule has 1 fully saturated rings. The van der Waals surface area contributed by atoms with Crippen LogP contribution in [0.5, 0.6) is 0 Å². The molecular weight excluding hydrogens is 220 g/mol. The molecule has 0 bridgehead atoms. The van der Waals surface area contributed by atoms with Gasteiger partial charge in [0.05, 0.1) is 7.11 Å². The van der Waals surface area contributed by atoms with Gasteiger partial charge >= 0.3 is 6.09 Å². The SMILES string of the molecule is CON(C)C1CCN(C(=O)OC(C)(C)C)CC1. The standard InChI is InChI=1S/C12H24N2O3/c1-12(2,3)17-11(15)14-8-6-10(7-9-14)13(4)16-5/h10H,6-9H2,1-5H3. The zero-order valence-electron chi connectivity index (χ0n) is 11.5. The van der Waals surface area contributed by atoms with E-state index >= 15 is 0 Å². The van der Waals surface area contributed by atoms with Crippen molar-refractivity contribution in [2.45, 2.75) is 45.3 Å². The molecular formula is C12H24N2O3. The van der Waals surface area contributed by atoms with Crippen molar-refractivity contribution in [1.82, 2.24) is 9.96 Å². The lowest BCUT2D eigenvalue weighted by Crippen LogP contribution is -2.46. The van der Waals surface area contributed by atoms with Gasteiger partial charge in [0.15, 0.2) is 0 Å². The molecule has 0 N–H and O–H groups in total. The number of ether oxygens (including phenoxy) is 1. The van der Waals surface area contributed by atoms with Crippen LogP contribution in [0.25, 0.3) is 0 Å². The smallest absolute Gasteiger partial charge is 0.410 e. The third-order valence-electron chi connectivity index (χ3n) is 2.92. The van der Waals surface area contributed by atoms with Crippen molar-refractivity contribution in [3.63, 3.8) is 0 Å². The van der Waals surface area contributed by atoms with Crippen LogP contribution in [-0.4, -0.2) is 54.9 Å². The van der Waals surface area contributed by atoms with Crippen LogP contribution < -0.4 is 0 Å². The Morgan fingerprint density at radius 1 is 1.29 bits per heavy atom. The summed E-state index contributed by atoms with van der Waals surface area (Å²) in [6.07, 6.45) is 1.63. The number of amides is 1. The Hall–Kier alpha value is -0.810. The summed E-state index contributed by atoms with van der Waals surface area (Å²) in [5, 5.41) is 1.85. The molecule has 0 aromatic rings. The van der Waals surface area contributed by atoms with Crippen molar-refractivity contribution in [3.05, 3.63) is 0 Å². The van der Waals surface area contributed by atoms with E-state index in [0.717, 1.165) is 25.9 Å². The van der Waals surface area contributed by atoms with E-state index in [4.69, 9.17) is 9.57 Å². The lowest BCUT2D eigenvalue weighted by atomic mass is 10.1. The topological polar surface area (TPSA) is 42.0 Å². The fourth-order valence-corrected chi connectivity index (χ4v) is 1.89. The molecule has 5 heteroatoms. The van der Waals surface area contributed by atoms with Crippen LogP contribution in [0.2, 0.25) is 0 Å². The normalized spacial score (nSPS) is 18.6. The molecule has 0 aromatic heterocycles. The van der Waals surface area contributed by atoms with E-state index in [1.165, 1.54) is 0 Å². The van der Waals surface area contributed by atoms with Gasteiger partial charge in [-0.1, -0.05) is 0 Å². The Bertz CT molecular complexity index is 255. The van der Waals surface area contributed by atoms with Crippen LogP contribution >= 0.6 is 0 Å². The maximum absolute atomic E-state index is 11.8. The van der Waals surface area contributed by atoms with Gasteiger partial charge in [0.25, 0.3) is 0 Å². The van der Waals surface area contributed by atoms with Gasteiger partial charge in [-0.2, -0.15) is 5.06 Å². The minimum Gasteiger partial charge on any atom is -0.444 e. The van der Waals surface area contributed by atoms with Crippen molar-refractivity contribution in [1.29, 1.82) is 0 Å². The van der Waals surface area contributed by atoms with Crippen LogP contribution in [0.1, 0.15) is 33.6 Å². The number of rotatable bonds is 2. The summed E-state index contributed by atoms with van der Waals surface area (Å²) < 4.78 is 5.34. The predicted octanol–water partition coefficient (Wildman–Crippen LogP) is 1.88. The first kappa shape index (κ1) is 14.3. The Morgan fingerprint density at radius 3 is 2.24 bits per heavy atom. The van der Waals surface area contributed by atoms with Crippen molar-refractivity contribution in [2.75, 3.05) is 27.2 Å². The zero-order chi connectivity index (χ0) is 13.1. The van der Waals surface area contributed by atoms with Gasteiger partial charge in [-0.05, 0) is 33.6 Å². The lowest BCUT2D eigenvalue weighted by Gasteiger charge is -2.36. The molecule has 0 aliphatic carbocycles. The van der Waals surface area contributed by atoms with Crippen LogP contribution in [0, 0.1) is 0 Å². The summed E-state index contributed by atoms with van der Waals surface area (Å²) in [6.45, 7) is 7.11. The maximum Gasteiger partial charge on any atom is 0.410 e. The highest BCUT2D eigenvalue weighted by Crippen LogP contribution is 2.18. The van der Waals surface area contributed by atoms with Crippen molar-refractivity contribution < 1.29 is 14.4 Å². The molecule has 0 atom stereocenters. The Kier molecular flexibility index (Phi) is 4.77. The molecule has 0 saturated carbocycles. The van der Waals surface area contributed by atoms with E-state index in [1.54, 1.807) is 12.0 Å². The number of hydroxylamine groups is 2. The van der Waals surface area contributed by atoms with E-state index in [0.29, 0.717) is 6.04 Å². The molecule has 1 aliphatic heterocycles. The first-order chi connectivity index (χ1) is 7.83. The van der Waals surface area contributed by atoms with Gasteiger partial charge in [0.1, 0.15) is 5.60 Å². The molecule has 1 saturated heterocycles. The lowest BCUT2D eigenvalue weighted by molar-refractivity contribution is -0.150. The Balaban J connectivity index is 2.39. The van der Waals surface area contributed by atoms with Crippen molar-refractivity contribution >= 4 is 6.09 Å². The minimum atomic E-state index is -0.419. The van der Waals surface area contributed by atoms with Crippen LogP contribution in [-0.2, 0) is 9.57 Å². The fourth-order valence-electron chi connectivity index (χ4n) is 1.89. The predicted molar refractivity (Wildman–Crippen MR) is 65.6 cm³/mol. The van der Waals surface area contributed by atoms with Crippen LogP contribution in [0.15, 0.2) is 0 Å². The third-order valence-corrected chi connectivity index (χ3v) is 2.92. The number of carbonyl (C=O) groups excluding carboxylic acids is 1. The van der Waals surface area contributed by atoms with E-state index < -0.39 is 5.60 Å². The van der Waals surface area contributed by atoms with Gasteiger partial charge in [0, 0.05) is 26.2 Å². The van der Waals surface area contributed by atoms with E-state index in [9.17, 15) is 4.79 Å². The van der Waals surface area contributed by atoms with Crippen LogP contribution in [0.3, 0.4) is 0 Å². The van der Waals surface area contributed by atoms with Crippen molar-refractivity contribution in [3.8, 4) is 0 Å². The molecule has 100 valence electrons. The summed E-state index contributed by atoms with van der Waals surface area (Å²) in [4.78, 5) is 18.8. The Morgan fingerprint density at radius 2 is 1.82 bits per heavy atom. The molecule has 17 heavy (non-hydrogen) atoms. The van der Waals surface area contributed by atoms with Gasteiger partial charge in [-0.15, -0.1) is 0 Å². The van der Waals surface area contributed by atoms with Gasteiger partial charge < -0.3 is 14.5 Å². The fraction of sp³-hybridized carbons (Fsp3) is 0.917. The second kappa shape index (κ2) is 5.69. The van der Waals surface area contributed by atoms with Gasteiger partial charge in [-0.25, -0.2) is 4.79 Å². The number of hydrogen-bond donors (Lipinski definition) is 0. The highest BCUT2D eigenvalue weighted by Gasteiger charge is 2.28. The number of carbonyl (C=O) groups is 1. The first-order valence-corrected chi connectivity index (χ1v) is 6.08. The summed E-state index contributed by atoms with van der Waals surface area (Å²) in [7, 11) is 3.59. The number of nitrogens with zero attached hydrogens (tertiary/aromatic N) is 2. The average molecular weight is 244 g/mol. The molecule has 1 amide bonds.